The molecule has 2 atom stereocenters. The molecule has 3 aromatic carbocycles. The number of amides is 3. The maximum Gasteiger partial charge on any atom is 0.404 e. The summed E-state index contributed by atoms with van der Waals surface area (Å²) in [5, 5.41) is 17.8. The average molecular weight is 521 g/mol. The summed E-state index contributed by atoms with van der Waals surface area (Å²) in [7, 11) is 0. The van der Waals surface area contributed by atoms with E-state index in [2.05, 4.69) is 28.9 Å². The van der Waals surface area contributed by atoms with Crippen LogP contribution in [-0.2, 0) is 4.79 Å². The van der Waals surface area contributed by atoms with E-state index in [9.17, 15) is 14.4 Å². The van der Waals surface area contributed by atoms with Gasteiger partial charge >= 0.3 is 6.09 Å². The molecule has 0 aromatic heterocycles. The van der Waals surface area contributed by atoms with Crippen molar-refractivity contribution in [2.24, 2.45) is 0 Å². The second-order valence-electron chi connectivity index (χ2n) is 9.02. The summed E-state index contributed by atoms with van der Waals surface area (Å²) < 4.78 is 0. The van der Waals surface area contributed by atoms with Crippen molar-refractivity contribution in [1.82, 2.24) is 10.6 Å². The van der Waals surface area contributed by atoms with Crippen LogP contribution in [0.2, 0.25) is 5.02 Å². The van der Waals surface area contributed by atoms with E-state index in [-0.39, 0.29) is 37.0 Å². The molecule has 8 nitrogen and oxygen atoms in total. The van der Waals surface area contributed by atoms with E-state index in [0.29, 0.717) is 10.6 Å². The third-order valence-corrected chi connectivity index (χ3v) is 6.62. The SMILES string of the molecule is CC(=O)N1c2ccc(-c3ccc(C(=O)NCCNC(=O)O)cc3)cc2[C@H](Nc2ccc(Cl)cc2)C[C@@H]1C. The molecular weight excluding hydrogens is 492 g/mol. The highest BCUT2D eigenvalue weighted by Gasteiger charge is 2.32. The molecule has 1 heterocycles. The molecule has 4 rings (SSSR count). The molecule has 1 aliphatic heterocycles. The van der Waals surface area contributed by atoms with Gasteiger partial charge < -0.3 is 26.0 Å². The zero-order chi connectivity index (χ0) is 26.5. The van der Waals surface area contributed by atoms with Crippen LogP contribution in [-0.4, -0.2) is 42.1 Å². The van der Waals surface area contributed by atoms with Gasteiger partial charge in [-0.1, -0.05) is 29.8 Å². The minimum atomic E-state index is -1.13. The third kappa shape index (κ3) is 6.21. The molecule has 4 N–H and O–H groups in total. The van der Waals surface area contributed by atoms with Gasteiger partial charge in [-0.15, -0.1) is 0 Å². The first-order valence-corrected chi connectivity index (χ1v) is 12.4. The molecule has 3 amide bonds. The Morgan fingerprint density at radius 1 is 0.946 bits per heavy atom. The van der Waals surface area contributed by atoms with Crippen molar-refractivity contribution < 1.29 is 19.5 Å². The number of nitrogens with one attached hydrogen (secondary N) is 3. The summed E-state index contributed by atoms with van der Waals surface area (Å²) in [6.45, 7) is 3.97. The Morgan fingerprint density at radius 2 is 1.59 bits per heavy atom. The third-order valence-electron chi connectivity index (χ3n) is 6.37. The summed E-state index contributed by atoms with van der Waals surface area (Å²) in [4.78, 5) is 37.2. The van der Waals surface area contributed by atoms with E-state index in [4.69, 9.17) is 16.7 Å². The van der Waals surface area contributed by atoms with Crippen molar-refractivity contribution in [2.45, 2.75) is 32.4 Å². The smallest absolute Gasteiger partial charge is 0.404 e. The van der Waals surface area contributed by atoms with Crippen LogP contribution >= 0.6 is 11.6 Å². The van der Waals surface area contributed by atoms with Crippen LogP contribution in [0.15, 0.2) is 66.7 Å². The maximum absolute atomic E-state index is 12.5. The lowest BCUT2D eigenvalue weighted by Gasteiger charge is -2.39. The molecular formula is C28H29ClN4O4. The first kappa shape index (κ1) is 26.0. The fourth-order valence-electron chi connectivity index (χ4n) is 4.67. The molecule has 3 aromatic rings. The summed E-state index contributed by atoms with van der Waals surface area (Å²) in [6.07, 6.45) is -0.385. The number of halogens is 1. The van der Waals surface area contributed by atoms with Crippen LogP contribution in [0.5, 0.6) is 0 Å². The summed E-state index contributed by atoms with van der Waals surface area (Å²) in [5.74, 6) is -0.275. The van der Waals surface area contributed by atoms with Crippen molar-refractivity contribution in [3.63, 3.8) is 0 Å². The van der Waals surface area contributed by atoms with E-state index < -0.39 is 6.09 Å². The minimum absolute atomic E-state index is 0.000336. The largest absolute Gasteiger partial charge is 0.465 e. The first-order chi connectivity index (χ1) is 17.7. The molecule has 0 saturated heterocycles. The summed E-state index contributed by atoms with van der Waals surface area (Å²) >= 11 is 6.05. The van der Waals surface area contributed by atoms with Crippen molar-refractivity contribution in [3.05, 3.63) is 82.9 Å². The van der Waals surface area contributed by atoms with E-state index in [1.54, 1.807) is 19.1 Å². The Bertz CT molecular complexity index is 1290. The average Bonchev–Trinajstić information content (AvgIpc) is 2.87. The van der Waals surface area contributed by atoms with E-state index in [1.807, 2.05) is 53.4 Å². The van der Waals surface area contributed by atoms with Gasteiger partial charge in [-0.2, -0.15) is 0 Å². The Labute approximate surface area is 220 Å². The topological polar surface area (TPSA) is 111 Å². The fraction of sp³-hybridized carbons (Fsp3) is 0.250. The van der Waals surface area contributed by atoms with Gasteiger partial charge in [-0.3, -0.25) is 9.59 Å². The van der Waals surface area contributed by atoms with Gasteiger partial charge in [-0.25, -0.2) is 4.79 Å². The van der Waals surface area contributed by atoms with Crippen molar-refractivity contribution >= 4 is 40.9 Å². The number of rotatable bonds is 7. The quantitative estimate of drug-likeness (QED) is 0.316. The highest BCUT2D eigenvalue weighted by molar-refractivity contribution is 6.30. The van der Waals surface area contributed by atoms with Gasteiger partial charge in [0, 0.05) is 48.0 Å². The monoisotopic (exact) mass is 520 g/mol. The van der Waals surface area contributed by atoms with Crippen molar-refractivity contribution in [3.8, 4) is 11.1 Å². The lowest BCUT2D eigenvalue weighted by atomic mass is 9.88. The molecule has 0 fully saturated rings. The number of carbonyl (C=O) groups is 3. The molecule has 0 unspecified atom stereocenters. The van der Waals surface area contributed by atoms with Gasteiger partial charge in [0.05, 0.1) is 6.04 Å². The van der Waals surface area contributed by atoms with Crippen LogP contribution in [0.1, 0.15) is 42.2 Å². The molecule has 0 bridgehead atoms. The molecule has 1 aliphatic rings. The summed E-state index contributed by atoms with van der Waals surface area (Å²) in [6, 6.07) is 20.9. The lowest BCUT2D eigenvalue weighted by Crippen LogP contribution is -2.43. The summed E-state index contributed by atoms with van der Waals surface area (Å²) in [5.41, 5.74) is 5.24. The standard InChI is InChI=1S/C28H29ClN4O4/c1-17-15-25(32-23-10-8-22(29)9-11-23)24-16-21(7-12-26(24)33(17)18(2)34)19-3-5-20(6-4-19)27(35)30-13-14-31-28(36)37/h3-12,16-17,25,31-32H,13-15H2,1-2H3,(H,30,35)(H,36,37)/t17-,25+/m0/s1. The number of hydrogen-bond acceptors (Lipinski definition) is 4. The normalized spacial score (nSPS) is 16.5. The maximum atomic E-state index is 12.5. The zero-order valence-corrected chi connectivity index (χ0v) is 21.4. The lowest BCUT2D eigenvalue weighted by molar-refractivity contribution is -0.117. The Balaban J connectivity index is 1.58. The Hall–Kier alpha value is -4.04. The zero-order valence-electron chi connectivity index (χ0n) is 20.6. The fourth-order valence-corrected chi connectivity index (χ4v) is 4.80. The Morgan fingerprint density at radius 3 is 2.24 bits per heavy atom. The van der Waals surface area contributed by atoms with Gasteiger partial charge in [-0.05, 0) is 78.6 Å². The van der Waals surface area contributed by atoms with Gasteiger partial charge in [0.2, 0.25) is 5.91 Å². The van der Waals surface area contributed by atoms with Gasteiger partial charge in [0.25, 0.3) is 5.91 Å². The second-order valence-corrected chi connectivity index (χ2v) is 9.45. The predicted molar refractivity (Wildman–Crippen MR) is 145 cm³/mol. The number of hydrogen-bond donors (Lipinski definition) is 4. The molecule has 9 heteroatoms. The minimum Gasteiger partial charge on any atom is -0.465 e. The van der Waals surface area contributed by atoms with Crippen molar-refractivity contribution in [1.29, 1.82) is 0 Å². The van der Waals surface area contributed by atoms with Crippen LogP contribution in [0.3, 0.4) is 0 Å². The van der Waals surface area contributed by atoms with E-state index in [1.165, 1.54) is 0 Å². The van der Waals surface area contributed by atoms with Gasteiger partial charge in [0.1, 0.15) is 0 Å². The molecule has 0 saturated carbocycles. The highest BCUT2D eigenvalue weighted by atomic mass is 35.5. The number of fused-ring (bicyclic) bond motifs is 1. The second kappa shape index (κ2) is 11.3. The van der Waals surface area contributed by atoms with Crippen LogP contribution < -0.4 is 20.9 Å². The molecule has 192 valence electrons. The first-order valence-electron chi connectivity index (χ1n) is 12.0. The number of carbonyl (C=O) groups excluding carboxylic acids is 2. The van der Waals surface area contributed by atoms with E-state index in [0.717, 1.165) is 34.5 Å². The molecule has 37 heavy (non-hydrogen) atoms. The number of nitrogens with zero attached hydrogens (tertiary/aromatic N) is 1. The number of anilines is 2. The predicted octanol–water partition coefficient (Wildman–Crippen LogP) is 5.30. The number of carboxylic acid groups (broad SMARTS) is 1. The molecule has 0 aliphatic carbocycles. The Kier molecular flexibility index (Phi) is 7.98. The van der Waals surface area contributed by atoms with E-state index >= 15 is 0 Å². The van der Waals surface area contributed by atoms with Crippen LogP contribution in [0.25, 0.3) is 11.1 Å². The molecule has 0 radical (unpaired) electrons. The van der Waals surface area contributed by atoms with Crippen LogP contribution in [0.4, 0.5) is 16.2 Å². The van der Waals surface area contributed by atoms with Gasteiger partial charge in [0.15, 0.2) is 0 Å². The highest BCUT2D eigenvalue weighted by Crippen LogP contribution is 2.41. The van der Waals surface area contributed by atoms with Crippen LogP contribution in [0, 0.1) is 0 Å². The molecule has 0 spiro atoms. The van der Waals surface area contributed by atoms with Crippen molar-refractivity contribution in [2.75, 3.05) is 23.3 Å². The number of benzene rings is 3.